The summed E-state index contributed by atoms with van der Waals surface area (Å²) in [5, 5.41) is 4.53. The number of rotatable bonds is 7. The molecule has 0 radical (unpaired) electrons. The molecule has 2 aromatic carbocycles. The number of amidine groups is 1. The van der Waals surface area contributed by atoms with E-state index in [1.807, 2.05) is 50.2 Å². The van der Waals surface area contributed by atoms with E-state index in [4.69, 9.17) is 16.6 Å². The van der Waals surface area contributed by atoms with Crippen molar-refractivity contribution in [3.63, 3.8) is 0 Å². The van der Waals surface area contributed by atoms with Gasteiger partial charge in [-0.15, -0.1) is 0 Å². The molecule has 0 amide bonds. The van der Waals surface area contributed by atoms with Crippen LogP contribution < -0.4 is 15.8 Å². The van der Waals surface area contributed by atoms with E-state index >= 15 is 0 Å². The molecule has 0 bridgehead atoms. The van der Waals surface area contributed by atoms with Crippen LogP contribution in [0.25, 0.3) is 22.2 Å². The molecule has 2 aliphatic rings. The number of halogens is 1. The van der Waals surface area contributed by atoms with E-state index in [-0.39, 0.29) is 5.56 Å². The highest BCUT2D eigenvalue weighted by Gasteiger charge is 2.20. The second kappa shape index (κ2) is 11.7. The van der Waals surface area contributed by atoms with Gasteiger partial charge in [0.15, 0.2) is 5.84 Å². The number of benzene rings is 2. The Morgan fingerprint density at radius 3 is 2.40 bits per heavy atom. The number of fused-ring (bicyclic) bond motifs is 1. The Bertz CT molecular complexity index is 1750. The third-order valence-corrected chi connectivity index (χ3v) is 8.26. The van der Waals surface area contributed by atoms with E-state index < -0.39 is 0 Å². The van der Waals surface area contributed by atoms with Gasteiger partial charge in [0.2, 0.25) is 5.95 Å². The molecule has 1 fully saturated rings. The van der Waals surface area contributed by atoms with Crippen LogP contribution in [0.5, 0.6) is 0 Å². The van der Waals surface area contributed by atoms with Crippen LogP contribution in [0.3, 0.4) is 0 Å². The van der Waals surface area contributed by atoms with Gasteiger partial charge in [-0.1, -0.05) is 23.7 Å². The number of hydrogen-bond acceptors (Lipinski definition) is 8. The van der Waals surface area contributed by atoms with E-state index in [1.54, 1.807) is 10.8 Å². The minimum absolute atomic E-state index is 0.154. The van der Waals surface area contributed by atoms with Crippen LogP contribution in [-0.4, -0.2) is 69.7 Å². The Labute approximate surface area is 250 Å². The monoisotopic (exact) mass is 582 g/mol. The maximum Gasteiger partial charge on any atom is 0.260 e. The summed E-state index contributed by atoms with van der Waals surface area (Å²) in [6.45, 7) is 13.6. The van der Waals surface area contributed by atoms with E-state index in [0.29, 0.717) is 52.7 Å². The summed E-state index contributed by atoms with van der Waals surface area (Å²) < 4.78 is 1.66. The van der Waals surface area contributed by atoms with Crippen molar-refractivity contribution in [1.29, 1.82) is 0 Å². The highest BCUT2D eigenvalue weighted by molar-refractivity contribution is 6.34. The number of piperazine rings is 1. The van der Waals surface area contributed by atoms with Gasteiger partial charge in [0.25, 0.3) is 5.56 Å². The Morgan fingerprint density at radius 1 is 1.00 bits per heavy atom. The predicted molar refractivity (Wildman–Crippen MR) is 173 cm³/mol. The third kappa shape index (κ3) is 5.54. The van der Waals surface area contributed by atoms with E-state index in [2.05, 4.69) is 56.1 Å². The molecule has 1 N–H and O–H groups in total. The normalized spacial score (nSPS) is 15.8. The molecule has 42 heavy (non-hydrogen) atoms. The van der Waals surface area contributed by atoms with Gasteiger partial charge in [-0.2, -0.15) is 4.98 Å². The second-order valence-electron chi connectivity index (χ2n) is 11.1. The molecular formula is C32H35ClN8O. The Hall–Kier alpha value is -4.08. The van der Waals surface area contributed by atoms with E-state index in [1.165, 1.54) is 5.69 Å². The molecule has 4 heterocycles. The summed E-state index contributed by atoms with van der Waals surface area (Å²) in [7, 11) is 0. The van der Waals surface area contributed by atoms with E-state index in [9.17, 15) is 4.79 Å². The standard InChI is InChI=1S/C32H35ClN8O/c1-5-41-30-23(16-27(31(41)42)26-11-6-22(17-28(26)33)29-34-18-21(4)36-29)19-35-32(38-30)37-24-7-9-25(10-8-24)40-14-12-39(13-15-40)20(2)3/h6-11,16-17,19-20H,5,12-15,18H2,1-4H3,(H,35,37,38). The van der Waals surface area contributed by atoms with Crippen LogP contribution in [0.4, 0.5) is 17.3 Å². The summed E-state index contributed by atoms with van der Waals surface area (Å²) in [6, 6.07) is 16.3. The van der Waals surface area contributed by atoms with Crippen LogP contribution in [-0.2, 0) is 6.54 Å². The molecule has 0 saturated carbocycles. The van der Waals surface area contributed by atoms with Gasteiger partial charge < -0.3 is 10.2 Å². The lowest BCUT2D eigenvalue weighted by Gasteiger charge is -2.38. The maximum absolute atomic E-state index is 13.6. The molecule has 0 spiro atoms. The number of nitrogens with one attached hydrogen (secondary N) is 1. The van der Waals surface area contributed by atoms with Crippen LogP contribution >= 0.6 is 11.6 Å². The lowest BCUT2D eigenvalue weighted by molar-refractivity contribution is 0.209. The smallest absolute Gasteiger partial charge is 0.260 e. The first kappa shape index (κ1) is 28.1. The highest BCUT2D eigenvalue weighted by Crippen LogP contribution is 2.30. The van der Waals surface area contributed by atoms with Crippen molar-refractivity contribution in [1.82, 2.24) is 19.4 Å². The largest absolute Gasteiger partial charge is 0.369 e. The first-order chi connectivity index (χ1) is 20.3. The zero-order valence-corrected chi connectivity index (χ0v) is 25.2. The fraction of sp³-hybridized carbons (Fsp3) is 0.344. The van der Waals surface area contributed by atoms with Crippen LogP contribution in [0.1, 0.15) is 33.3 Å². The number of pyridine rings is 1. The van der Waals surface area contributed by atoms with Gasteiger partial charge >= 0.3 is 0 Å². The SMILES string of the molecule is CCn1c(=O)c(-c2ccc(C3=NCC(C)=N3)cc2Cl)cc2cnc(Nc3ccc(N4CCN(C(C)C)CC4)cc3)nc21. The second-order valence-corrected chi connectivity index (χ2v) is 11.5. The Kier molecular flexibility index (Phi) is 7.79. The first-order valence-electron chi connectivity index (χ1n) is 14.5. The molecule has 9 nitrogen and oxygen atoms in total. The Balaban J connectivity index is 1.24. The minimum Gasteiger partial charge on any atom is -0.369 e. The predicted octanol–water partition coefficient (Wildman–Crippen LogP) is 5.63. The van der Waals surface area contributed by atoms with Gasteiger partial charge in [-0.05, 0) is 64.1 Å². The van der Waals surface area contributed by atoms with Crippen molar-refractivity contribution in [2.75, 3.05) is 42.9 Å². The maximum atomic E-state index is 13.6. The molecule has 0 aliphatic carbocycles. The van der Waals surface area contributed by atoms with Crippen molar-refractivity contribution in [3.05, 3.63) is 75.7 Å². The zero-order valence-electron chi connectivity index (χ0n) is 24.4. The third-order valence-electron chi connectivity index (χ3n) is 7.95. The molecule has 1 saturated heterocycles. The van der Waals surface area contributed by atoms with Crippen molar-refractivity contribution in [3.8, 4) is 11.1 Å². The quantitative estimate of drug-likeness (QED) is 0.304. The first-order valence-corrected chi connectivity index (χ1v) is 14.8. The van der Waals surface area contributed by atoms with Crippen LogP contribution in [0.2, 0.25) is 5.02 Å². The summed E-state index contributed by atoms with van der Waals surface area (Å²) >= 11 is 6.69. The zero-order chi connectivity index (χ0) is 29.4. The van der Waals surface area contributed by atoms with Gasteiger partial charge in [-0.3, -0.25) is 19.3 Å². The fourth-order valence-electron chi connectivity index (χ4n) is 5.56. The molecule has 6 rings (SSSR count). The van der Waals surface area contributed by atoms with E-state index in [0.717, 1.165) is 48.5 Å². The lowest BCUT2D eigenvalue weighted by atomic mass is 10.0. The van der Waals surface area contributed by atoms with Crippen molar-refractivity contribution in [2.24, 2.45) is 9.98 Å². The lowest BCUT2D eigenvalue weighted by Crippen LogP contribution is -2.48. The molecule has 2 aliphatic heterocycles. The fourth-order valence-corrected chi connectivity index (χ4v) is 5.84. The number of anilines is 3. The highest BCUT2D eigenvalue weighted by atomic mass is 35.5. The minimum atomic E-state index is -0.154. The molecule has 0 atom stereocenters. The molecule has 216 valence electrons. The molecule has 4 aromatic rings. The summed E-state index contributed by atoms with van der Waals surface area (Å²) in [5.41, 5.74) is 5.47. The van der Waals surface area contributed by atoms with Gasteiger partial charge in [-0.25, -0.2) is 9.98 Å². The molecule has 2 aromatic heterocycles. The molecule has 0 unspecified atom stereocenters. The van der Waals surface area contributed by atoms with Gasteiger partial charge in [0.1, 0.15) is 5.65 Å². The number of aliphatic imine (C=N–C) groups is 2. The number of nitrogens with zero attached hydrogens (tertiary/aromatic N) is 7. The number of aromatic nitrogens is 3. The summed E-state index contributed by atoms with van der Waals surface area (Å²) in [5.74, 6) is 1.10. The van der Waals surface area contributed by atoms with Crippen molar-refractivity contribution >= 4 is 51.5 Å². The molecule has 10 heteroatoms. The van der Waals surface area contributed by atoms with Crippen LogP contribution in [0.15, 0.2) is 69.5 Å². The van der Waals surface area contributed by atoms with Crippen LogP contribution in [0, 0.1) is 0 Å². The average Bonchev–Trinajstić information content (AvgIpc) is 3.44. The molecular weight excluding hydrogens is 548 g/mol. The summed E-state index contributed by atoms with van der Waals surface area (Å²) in [6.07, 6.45) is 1.75. The van der Waals surface area contributed by atoms with Crippen molar-refractivity contribution in [2.45, 2.75) is 40.3 Å². The topological polar surface area (TPSA) is 91.0 Å². The summed E-state index contributed by atoms with van der Waals surface area (Å²) in [4.78, 5) is 36.8. The number of hydrogen-bond donors (Lipinski definition) is 1. The average molecular weight is 583 g/mol. The van der Waals surface area contributed by atoms with Crippen molar-refractivity contribution < 1.29 is 0 Å². The number of aryl methyl sites for hydroxylation is 1. The van der Waals surface area contributed by atoms with Gasteiger partial charge in [0.05, 0.1) is 6.54 Å². The van der Waals surface area contributed by atoms with Gasteiger partial charge in [0, 0.05) is 89.1 Å². The Morgan fingerprint density at radius 2 is 1.76 bits per heavy atom.